The van der Waals surface area contributed by atoms with Crippen molar-refractivity contribution < 1.29 is 14.7 Å². The van der Waals surface area contributed by atoms with Gasteiger partial charge in [0.2, 0.25) is 0 Å². The summed E-state index contributed by atoms with van der Waals surface area (Å²) in [7, 11) is 0. The fourth-order valence-corrected chi connectivity index (χ4v) is 1.94. The highest BCUT2D eigenvalue weighted by molar-refractivity contribution is 9.10. The second kappa shape index (κ2) is 5.83. The van der Waals surface area contributed by atoms with Gasteiger partial charge in [0.15, 0.2) is 0 Å². The molecular weight excluding hydrogens is 324 g/mol. The molecule has 0 radical (unpaired) electrons. The van der Waals surface area contributed by atoms with Gasteiger partial charge in [0.25, 0.3) is 5.91 Å². The van der Waals surface area contributed by atoms with Gasteiger partial charge >= 0.3 is 5.97 Å². The average molecular weight is 335 g/mol. The summed E-state index contributed by atoms with van der Waals surface area (Å²) in [6, 6.07) is 8.13. The molecule has 0 bridgehead atoms. The van der Waals surface area contributed by atoms with Crippen molar-refractivity contribution in [3.8, 4) is 0 Å². The normalized spacial score (nSPS) is 10.1. The van der Waals surface area contributed by atoms with Gasteiger partial charge in [0.1, 0.15) is 5.69 Å². The number of halogens is 1. The Morgan fingerprint density at radius 2 is 2.00 bits per heavy atom. The lowest BCUT2D eigenvalue weighted by Gasteiger charge is -2.07. The Labute approximate surface area is 123 Å². The molecule has 2 aromatic rings. The number of aromatic nitrogens is 1. The van der Waals surface area contributed by atoms with Crippen LogP contribution >= 0.6 is 15.9 Å². The summed E-state index contributed by atoms with van der Waals surface area (Å²) >= 11 is 3.38. The maximum atomic E-state index is 12.0. The molecule has 0 atom stereocenters. The van der Waals surface area contributed by atoms with Crippen molar-refractivity contribution in [2.24, 2.45) is 0 Å². The van der Waals surface area contributed by atoms with Crippen LogP contribution in [0.2, 0.25) is 0 Å². The summed E-state index contributed by atoms with van der Waals surface area (Å²) in [5.41, 5.74) is 1.76. The van der Waals surface area contributed by atoms with Gasteiger partial charge in [-0.15, -0.1) is 0 Å². The number of anilines is 1. The molecule has 5 nitrogen and oxygen atoms in total. The lowest BCUT2D eigenvalue weighted by atomic mass is 10.2. The number of amides is 1. The Kier molecular flexibility index (Phi) is 4.14. The highest BCUT2D eigenvalue weighted by Crippen LogP contribution is 2.21. The van der Waals surface area contributed by atoms with Crippen LogP contribution in [-0.2, 0) is 0 Å². The summed E-state index contributed by atoms with van der Waals surface area (Å²) in [6.45, 7) is 1.94. The number of nitrogens with one attached hydrogen (secondary N) is 1. The number of aryl methyl sites for hydroxylation is 1. The summed E-state index contributed by atoms with van der Waals surface area (Å²) < 4.78 is 0.885. The summed E-state index contributed by atoms with van der Waals surface area (Å²) in [5.74, 6) is -1.55. The third kappa shape index (κ3) is 3.21. The third-order valence-corrected chi connectivity index (χ3v) is 3.53. The number of carboxylic acid groups (broad SMARTS) is 1. The second-order valence-electron chi connectivity index (χ2n) is 4.15. The zero-order valence-corrected chi connectivity index (χ0v) is 12.1. The van der Waals surface area contributed by atoms with E-state index in [1.807, 2.05) is 13.0 Å². The first kappa shape index (κ1) is 14.2. The van der Waals surface area contributed by atoms with E-state index in [1.165, 1.54) is 18.3 Å². The maximum Gasteiger partial charge on any atom is 0.354 e. The smallest absolute Gasteiger partial charge is 0.354 e. The first-order valence-corrected chi connectivity index (χ1v) is 6.53. The molecule has 20 heavy (non-hydrogen) atoms. The van der Waals surface area contributed by atoms with Crippen LogP contribution in [0.5, 0.6) is 0 Å². The van der Waals surface area contributed by atoms with Gasteiger partial charge < -0.3 is 10.4 Å². The molecule has 1 amide bonds. The lowest BCUT2D eigenvalue weighted by Crippen LogP contribution is -2.13. The van der Waals surface area contributed by atoms with Crippen molar-refractivity contribution in [3.63, 3.8) is 0 Å². The molecule has 1 heterocycles. The van der Waals surface area contributed by atoms with E-state index >= 15 is 0 Å². The molecule has 0 aliphatic carbocycles. The van der Waals surface area contributed by atoms with Crippen molar-refractivity contribution in [1.82, 2.24) is 4.98 Å². The molecule has 1 aromatic carbocycles. The molecule has 0 fully saturated rings. The number of aromatic carboxylic acids is 1. The first-order chi connectivity index (χ1) is 9.47. The summed E-state index contributed by atoms with van der Waals surface area (Å²) in [4.78, 5) is 26.5. The molecule has 1 aromatic heterocycles. The van der Waals surface area contributed by atoms with Gasteiger partial charge in [-0.2, -0.15) is 0 Å². The predicted molar refractivity (Wildman–Crippen MR) is 78.0 cm³/mol. The molecule has 0 unspecified atom stereocenters. The van der Waals surface area contributed by atoms with Crippen molar-refractivity contribution in [1.29, 1.82) is 0 Å². The minimum atomic E-state index is -1.17. The predicted octanol–water partition coefficient (Wildman–Crippen LogP) is 3.10. The number of hydrogen-bond donors (Lipinski definition) is 2. The number of nitrogens with zero attached hydrogens (tertiary/aromatic N) is 1. The fraction of sp³-hybridized carbons (Fsp3) is 0.0714. The van der Waals surface area contributed by atoms with Gasteiger partial charge in [-0.3, -0.25) is 4.79 Å². The second-order valence-corrected chi connectivity index (χ2v) is 5.01. The van der Waals surface area contributed by atoms with E-state index in [1.54, 1.807) is 12.1 Å². The van der Waals surface area contributed by atoms with Crippen LogP contribution in [0.4, 0.5) is 5.69 Å². The van der Waals surface area contributed by atoms with E-state index in [-0.39, 0.29) is 17.2 Å². The molecule has 2 N–H and O–H groups in total. The van der Waals surface area contributed by atoms with Crippen LogP contribution in [0.25, 0.3) is 0 Å². The molecule has 0 saturated heterocycles. The highest BCUT2D eigenvalue weighted by atomic mass is 79.9. The van der Waals surface area contributed by atoms with E-state index in [4.69, 9.17) is 5.11 Å². The van der Waals surface area contributed by atoms with Crippen LogP contribution < -0.4 is 5.32 Å². The van der Waals surface area contributed by atoms with Gasteiger partial charge in [-0.05, 0) is 36.8 Å². The van der Waals surface area contributed by atoms with Crippen LogP contribution in [0.15, 0.2) is 41.0 Å². The highest BCUT2D eigenvalue weighted by Gasteiger charge is 2.11. The van der Waals surface area contributed by atoms with Gasteiger partial charge in [0.05, 0.1) is 0 Å². The Morgan fingerprint density at radius 1 is 1.25 bits per heavy atom. The van der Waals surface area contributed by atoms with E-state index < -0.39 is 5.97 Å². The van der Waals surface area contributed by atoms with Crippen molar-refractivity contribution >= 4 is 33.5 Å². The average Bonchev–Trinajstić information content (AvgIpc) is 2.43. The summed E-state index contributed by atoms with van der Waals surface area (Å²) in [5, 5.41) is 11.6. The number of benzene rings is 1. The Morgan fingerprint density at radius 3 is 2.65 bits per heavy atom. The largest absolute Gasteiger partial charge is 0.477 e. The van der Waals surface area contributed by atoms with Crippen molar-refractivity contribution in [2.45, 2.75) is 6.92 Å². The Hall–Kier alpha value is -2.21. The van der Waals surface area contributed by atoms with Crippen molar-refractivity contribution in [3.05, 3.63) is 57.8 Å². The van der Waals surface area contributed by atoms with E-state index in [0.29, 0.717) is 5.69 Å². The van der Waals surface area contributed by atoms with Gasteiger partial charge in [0, 0.05) is 21.9 Å². The SMILES string of the molecule is Cc1ccc(NC(=O)c2ccnc(C(=O)O)c2)cc1Br. The number of rotatable bonds is 3. The minimum absolute atomic E-state index is 0.164. The van der Waals surface area contributed by atoms with Gasteiger partial charge in [-0.1, -0.05) is 22.0 Å². The number of carbonyl (C=O) groups is 2. The fourth-order valence-electron chi connectivity index (χ4n) is 1.56. The number of carbonyl (C=O) groups excluding carboxylic acids is 1. The lowest BCUT2D eigenvalue weighted by molar-refractivity contribution is 0.0690. The Bertz CT molecular complexity index is 686. The van der Waals surface area contributed by atoms with Crippen LogP contribution in [0.1, 0.15) is 26.4 Å². The number of carboxylic acids is 1. The monoisotopic (exact) mass is 334 g/mol. The third-order valence-electron chi connectivity index (χ3n) is 2.67. The zero-order valence-electron chi connectivity index (χ0n) is 10.6. The van der Waals surface area contributed by atoms with E-state index in [2.05, 4.69) is 26.2 Å². The van der Waals surface area contributed by atoms with E-state index in [9.17, 15) is 9.59 Å². The van der Waals surface area contributed by atoms with Gasteiger partial charge in [-0.25, -0.2) is 9.78 Å². The minimum Gasteiger partial charge on any atom is -0.477 e. The first-order valence-electron chi connectivity index (χ1n) is 5.74. The quantitative estimate of drug-likeness (QED) is 0.903. The maximum absolute atomic E-state index is 12.0. The standard InChI is InChI=1S/C14H11BrN2O3/c1-8-2-3-10(7-11(8)15)17-13(18)9-4-5-16-12(6-9)14(19)20/h2-7H,1H3,(H,17,18)(H,19,20). The molecule has 6 heteroatoms. The molecule has 2 rings (SSSR count). The topological polar surface area (TPSA) is 79.3 Å². The molecule has 0 aliphatic rings. The van der Waals surface area contributed by atoms with E-state index in [0.717, 1.165) is 10.0 Å². The molecule has 0 spiro atoms. The van der Waals surface area contributed by atoms with Crippen molar-refractivity contribution in [2.75, 3.05) is 5.32 Å². The zero-order chi connectivity index (χ0) is 14.7. The van der Waals surface area contributed by atoms with Crippen LogP contribution in [0, 0.1) is 6.92 Å². The molecule has 0 saturated carbocycles. The molecule has 102 valence electrons. The molecule has 0 aliphatic heterocycles. The molecular formula is C14H11BrN2O3. The van der Waals surface area contributed by atoms with Crippen LogP contribution in [-0.4, -0.2) is 22.0 Å². The number of hydrogen-bond acceptors (Lipinski definition) is 3. The summed E-state index contributed by atoms with van der Waals surface area (Å²) in [6.07, 6.45) is 1.30. The van der Waals surface area contributed by atoms with Crippen LogP contribution in [0.3, 0.4) is 0 Å². The Balaban J connectivity index is 2.21. The number of pyridine rings is 1.